The largest absolute Gasteiger partial charge is 0.324 e. The van der Waals surface area contributed by atoms with E-state index in [0.29, 0.717) is 11.4 Å². The molecule has 1 N–H and O–H groups in total. The van der Waals surface area contributed by atoms with Crippen molar-refractivity contribution in [2.75, 3.05) is 0 Å². The number of nitrogens with one attached hydrogen (secondary N) is 1. The Kier molecular flexibility index (Phi) is 6.52. The van der Waals surface area contributed by atoms with E-state index in [4.69, 9.17) is 0 Å². The van der Waals surface area contributed by atoms with E-state index in [-0.39, 0.29) is 6.04 Å². The van der Waals surface area contributed by atoms with Gasteiger partial charge in [0.1, 0.15) is 5.82 Å². The van der Waals surface area contributed by atoms with Gasteiger partial charge in [-0.05, 0) is 50.1 Å². The number of fused-ring (bicyclic) bond motifs is 1. The number of aromatic nitrogens is 2. The summed E-state index contributed by atoms with van der Waals surface area (Å²) in [4.78, 5) is 4.90. The molecule has 0 radical (unpaired) electrons. The fraction of sp³-hybridized carbons (Fsp3) is 0.409. The minimum absolute atomic E-state index is 0.0591. The number of sulfonamides is 1. The van der Waals surface area contributed by atoms with Gasteiger partial charge < -0.3 is 4.57 Å². The zero-order chi connectivity index (χ0) is 20.1. The molecule has 6 heteroatoms. The highest BCUT2D eigenvalue weighted by molar-refractivity contribution is 7.89. The quantitative estimate of drug-likeness (QED) is 0.533. The van der Waals surface area contributed by atoms with Gasteiger partial charge in [-0.1, -0.05) is 50.5 Å². The van der Waals surface area contributed by atoms with Crippen LogP contribution in [0.3, 0.4) is 0 Å². The Bertz CT molecular complexity index is 1020. The van der Waals surface area contributed by atoms with Crippen LogP contribution in [-0.4, -0.2) is 24.0 Å². The molecular weight excluding hydrogens is 370 g/mol. The Balaban J connectivity index is 1.71. The van der Waals surface area contributed by atoms with Crippen molar-refractivity contribution in [3.63, 3.8) is 0 Å². The molecule has 1 heterocycles. The highest BCUT2D eigenvalue weighted by atomic mass is 32.2. The van der Waals surface area contributed by atoms with Crippen molar-refractivity contribution >= 4 is 21.1 Å². The Morgan fingerprint density at radius 1 is 1.07 bits per heavy atom. The van der Waals surface area contributed by atoms with E-state index < -0.39 is 10.0 Å². The van der Waals surface area contributed by atoms with Crippen LogP contribution in [0.25, 0.3) is 11.0 Å². The van der Waals surface area contributed by atoms with E-state index >= 15 is 0 Å². The molecule has 0 fully saturated rings. The van der Waals surface area contributed by atoms with Crippen molar-refractivity contribution in [3.05, 3.63) is 59.9 Å². The molecule has 0 aliphatic rings. The molecule has 28 heavy (non-hydrogen) atoms. The molecule has 0 aliphatic heterocycles. The van der Waals surface area contributed by atoms with Gasteiger partial charge in [-0.3, -0.25) is 0 Å². The molecule has 1 atom stereocenters. The van der Waals surface area contributed by atoms with E-state index in [9.17, 15) is 8.42 Å². The van der Waals surface area contributed by atoms with Gasteiger partial charge in [0.2, 0.25) is 10.0 Å². The Morgan fingerprint density at radius 3 is 2.50 bits per heavy atom. The summed E-state index contributed by atoms with van der Waals surface area (Å²) in [6, 6.07) is 15.1. The third-order valence-corrected chi connectivity index (χ3v) is 6.62. The second-order valence-electron chi connectivity index (χ2n) is 7.40. The van der Waals surface area contributed by atoms with E-state index in [1.54, 1.807) is 12.1 Å². The molecule has 0 bridgehead atoms. The maximum atomic E-state index is 12.6. The predicted octanol–water partition coefficient (Wildman–Crippen LogP) is 4.64. The van der Waals surface area contributed by atoms with Crippen LogP contribution in [0.1, 0.15) is 50.9 Å². The number of rotatable bonds is 9. The lowest BCUT2D eigenvalue weighted by Crippen LogP contribution is -2.32. The Hall–Kier alpha value is -2.18. The lowest BCUT2D eigenvalue weighted by Gasteiger charge is -2.14. The van der Waals surface area contributed by atoms with Gasteiger partial charge in [0, 0.05) is 12.6 Å². The summed E-state index contributed by atoms with van der Waals surface area (Å²) in [5.74, 6) is 0.945. The van der Waals surface area contributed by atoms with E-state index in [0.717, 1.165) is 48.1 Å². The van der Waals surface area contributed by atoms with Crippen LogP contribution in [-0.2, 0) is 16.6 Å². The number of aryl methyl sites for hydroxylation is 1. The lowest BCUT2D eigenvalue weighted by molar-refractivity contribution is 0.527. The molecular formula is C22H29N3O2S. The number of benzene rings is 2. The number of imidazole rings is 1. The van der Waals surface area contributed by atoms with Crippen molar-refractivity contribution in [3.8, 4) is 0 Å². The second kappa shape index (κ2) is 8.88. The first-order valence-electron chi connectivity index (χ1n) is 9.94. The fourth-order valence-corrected chi connectivity index (χ4v) is 4.72. The smallest absolute Gasteiger partial charge is 0.240 e. The van der Waals surface area contributed by atoms with Gasteiger partial charge in [0.25, 0.3) is 0 Å². The Morgan fingerprint density at radius 2 is 1.79 bits per heavy atom. The molecule has 1 unspecified atom stereocenters. The van der Waals surface area contributed by atoms with Gasteiger partial charge in [-0.25, -0.2) is 18.1 Å². The molecule has 3 rings (SSSR count). The minimum atomic E-state index is -3.49. The van der Waals surface area contributed by atoms with Crippen LogP contribution in [0.5, 0.6) is 0 Å². The molecule has 0 spiro atoms. The first-order chi connectivity index (χ1) is 13.4. The van der Waals surface area contributed by atoms with Crippen molar-refractivity contribution in [1.29, 1.82) is 0 Å². The molecule has 1 aromatic heterocycles. The SMILES string of the molecule is CCCCCC(C)NS(=O)(=O)c1ccc(Cn2c(C)nc3ccccc32)cc1. The molecule has 0 aliphatic carbocycles. The highest BCUT2D eigenvalue weighted by Crippen LogP contribution is 2.19. The van der Waals surface area contributed by atoms with Gasteiger partial charge in [-0.2, -0.15) is 0 Å². The number of para-hydroxylation sites is 2. The second-order valence-corrected chi connectivity index (χ2v) is 9.11. The van der Waals surface area contributed by atoms with Crippen LogP contribution in [0.15, 0.2) is 53.4 Å². The first-order valence-corrected chi connectivity index (χ1v) is 11.4. The van der Waals surface area contributed by atoms with Crippen LogP contribution in [0.4, 0.5) is 0 Å². The average Bonchev–Trinajstić information content (AvgIpc) is 2.97. The van der Waals surface area contributed by atoms with Crippen LogP contribution < -0.4 is 4.72 Å². The Labute approximate surface area is 167 Å². The number of hydrogen-bond donors (Lipinski definition) is 1. The van der Waals surface area contributed by atoms with Gasteiger partial charge in [0.15, 0.2) is 0 Å². The lowest BCUT2D eigenvalue weighted by atomic mass is 10.1. The summed E-state index contributed by atoms with van der Waals surface area (Å²) >= 11 is 0. The maximum Gasteiger partial charge on any atom is 0.240 e. The molecule has 3 aromatic rings. The molecule has 150 valence electrons. The summed E-state index contributed by atoms with van der Waals surface area (Å²) in [5.41, 5.74) is 3.10. The van der Waals surface area contributed by atoms with Crippen molar-refractivity contribution in [1.82, 2.24) is 14.3 Å². The van der Waals surface area contributed by atoms with Crippen LogP contribution >= 0.6 is 0 Å². The monoisotopic (exact) mass is 399 g/mol. The van der Waals surface area contributed by atoms with Crippen LogP contribution in [0.2, 0.25) is 0 Å². The van der Waals surface area contributed by atoms with Gasteiger partial charge in [-0.15, -0.1) is 0 Å². The predicted molar refractivity (Wildman–Crippen MR) is 114 cm³/mol. The van der Waals surface area contributed by atoms with Gasteiger partial charge in [0.05, 0.1) is 15.9 Å². The first kappa shape index (κ1) is 20.6. The number of unbranched alkanes of at least 4 members (excludes halogenated alkanes) is 2. The summed E-state index contributed by atoms with van der Waals surface area (Å²) in [6.45, 7) is 6.72. The minimum Gasteiger partial charge on any atom is -0.324 e. The van der Waals surface area contributed by atoms with Crippen LogP contribution in [0, 0.1) is 6.92 Å². The molecule has 0 saturated carbocycles. The molecule has 0 amide bonds. The van der Waals surface area contributed by atoms with Crippen molar-refractivity contribution in [2.24, 2.45) is 0 Å². The third-order valence-electron chi connectivity index (χ3n) is 5.02. The molecule has 0 saturated heterocycles. The zero-order valence-corrected chi connectivity index (χ0v) is 17.7. The standard InChI is InChI=1S/C22H29N3O2S/c1-4-5-6-9-17(2)24-28(26,27)20-14-12-19(13-15-20)16-25-18(3)23-21-10-7-8-11-22(21)25/h7-8,10-15,17,24H,4-6,9,16H2,1-3H3. The average molecular weight is 400 g/mol. The van der Waals surface area contributed by atoms with Crippen molar-refractivity contribution < 1.29 is 8.42 Å². The van der Waals surface area contributed by atoms with E-state index in [1.165, 1.54) is 0 Å². The molecule has 2 aromatic carbocycles. The normalized spacial score (nSPS) is 13.1. The fourth-order valence-electron chi connectivity index (χ4n) is 3.44. The maximum absolute atomic E-state index is 12.6. The number of nitrogens with zero attached hydrogens (tertiary/aromatic N) is 2. The summed E-state index contributed by atoms with van der Waals surface area (Å²) < 4.78 is 30.1. The van der Waals surface area contributed by atoms with Crippen molar-refractivity contribution in [2.45, 2.75) is 63.9 Å². The summed E-state index contributed by atoms with van der Waals surface area (Å²) in [6.07, 6.45) is 4.16. The summed E-state index contributed by atoms with van der Waals surface area (Å²) in [5, 5.41) is 0. The highest BCUT2D eigenvalue weighted by Gasteiger charge is 2.17. The summed E-state index contributed by atoms with van der Waals surface area (Å²) in [7, 11) is -3.49. The zero-order valence-electron chi connectivity index (χ0n) is 16.9. The molecule has 5 nitrogen and oxygen atoms in total. The third kappa shape index (κ3) is 4.80. The number of hydrogen-bond acceptors (Lipinski definition) is 3. The van der Waals surface area contributed by atoms with E-state index in [2.05, 4.69) is 27.3 Å². The van der Waals surface area contributed by atoms with Gasteiger partial charge >= 0.3 is 0 Å². The topological polar surface area (TPSA) is 64.0 Å². The van der Waals surface area contributed by atoms with E-state index in [1.807, 2.05) is 44.2 Å².